The van der Waals surface area contributed by atoms with Crippen molar-refractivity contribution in [2.45, 2.75) is 27.7 Å². The quantitative estimate of drug-likeness (QED) is 0.330. The van der Waals surface area contributed by atoms with Gasteiger partial charge in [0.25, 0.3) is 0 Å². The summed E-state index contributed by atoms with van der Waals surface area (Å²) in [5.41, 5.74) is 7.40. The number of urea groups is 1. The second kappa shape index (κ2) is 9.39. The van der Waals surface area contributed by atoms with E-state index in [9.17, 15) is 24.6 Å². The summed E-state index contributed by atoms with van der Waals surface area (Å²) in [7, 11) is 0. The molecule has 0 aliphatic carbocycles. The molecule has 2 aromatic carbocycles. The summed E-state index contributed by atoms with van der Waals surface area (Å²) in [6.45, 7) is 7.46. The number of aryl methyl sites for hydroxylation is 3. The molecule has 33 heavy (non-hydrogen) atoms. The molecular formula is C24H24N4O5. The fraction of sp³-hybridized carbons (Fsp3) is 0.167. The summed E-state index contributed by atoms with van der Waals surface area (Å²) < 4.78 is 1.73. The van der Waals surface area contributed by atoms with Crippen molar-refractivity contribution in [2.24, 2.45) is 5.10 Å². The van der Waals surface area contributed by atoms with Gasteiger partial charge in [-0.05, 0) is 63.6 Å². The number of benzene rings is 2. The zero-order valence-electron chi connectivity index (χ0n) is 18.6. The van der Waals surface area contributed by atoms with Gasteiger partial charge in [0.1, 0.15) is 0 Å². The third-order valence-corrected chi connectivity index (χ3v) is 5.14. The number of hydrazone groups is 1. The molecule has 9 nitrogen and oxygen atoms in total. The number of nitrogens with one attached hydrogen (secondary N) is 2. The van der Waals surface area contributed by atoms with Gasteiger partial charge in [0.05, 0.1) is 17.3 Å². The number of amides is 2. The standard InChI is InChI=1S/C24H24N4O5/c1-13-5-6-21(14(2)7-13)26-24(33)27-25-12-19-8-15(3)28(16(19)4)20-10-17(22(29)30)9-18(11-20)23(31)32/h5-12H,1-4H3,(H,29,30)(H,31,32)(H2,26,27,33)/b25-12+. The van der Waals surface area contributed by atoms with E-state index in [4.69, 9.17) is 0 Å². The number of aromatic carboxylic acids is 2. The second-order valence-electron chi connectivity index (χ2n) is 7.68. The summed E-state index contributed by atoms with van der Waals surface area (Å²) in [6, 6.07) is 10.9. The average molecular weight is 448 g/mol. The normalized spacial score (nSPS) is 10.9. The number of rotatable bonds is 6. The molecule has 1 heterocycles. The van der Waals surface area contributed by atoms with E-state index in [0.717, 1.165) is 22.9 Å². The third-order valence-electron chi connectivity index (χ3n) is 5.14. The van der Waals surface area contributed by atoms with Crippen LogP contribution >= 0.6 is 0 Å². The Bertz CT molecular complexity index is 1260. The van der Waals surface area contributed by atoms with Crippen LogP contribution in [0.3, 0.4) is 0 Å². The predicted molar refractivity (Wildman–Crippen MR) is 125 cm³/mol. The molecule has 2 amide bonds. The van der Waals surface area contributed by atoms with Crippen molar-refractivity contribution in [3.8, 4) is 5.69 Å². The fourth-order valence-corrected chi connectivity index (χ4v) is 3.57. The van der Waals surface area contributed by atoms with E-state index in [1.165, 1.54) is 18.3 Å². The zero-order chi connectivity index (χ0) is 24.3. The van der Waals surface area contributed by atoms with Crippen LogP contribution in [0.5, 0.6) is 0 Å². The second-order valence-corrected chi connectivity index (χ2v) is 7.68. The molecule has 9 heteroatoms. The number of carbonyl (C=O) groups excluding carboxylic acids is 1. The molecule has 4 N–H and O–H groups in total. The van der Waals surface area contributed by atoms with Crippen LogP contribution in [0.2, 0.25) is 0 Å². The molecule has 1 aromatic heterocycles. The van der Waals surface area contributed by atoms with E-state index < -0.39 is 18.0 Å². The van der Waals surface area contributed by atoms with E-state index in [0.29, 0.717) is 22.6 Å². The van der Waals surface area contributed by atoms with E-state index in [1.54, 1.807) is 24.5 Å². The Morgan fingerprint density at radius 2 is 1.55 bits per heavy atom. The van der Waals surface area contributed by atoms with Crippen LogP contribution in [0, 0.1) is 27.7 Å². The first-order valence-corrected chi connectivity index (χ1v) is 10.0. The molecule has 0 saturated carbocycles. The van der Waals surface area contributed by atoms with Gasteiger partial charge in [-0.3, -0.25) is 0 Å². The number of nitrogens with zero attached hydrogens (tertiary/aromatic N) is 2. The Kier molecular flexibility index (Phi) is 6.62. The van der Waals surface area contributed by atoms with Crippen molar-refractivity contribution in [2.75, 3.05) is 5.32 Å². The Balaban J connectivity index is 1.82. The highest BCUT2D eigenvalue weighted by molar-refractivity contribution is 5.95. The summed E-state index contributed by atoms with van der Waals surface area (Å²) in [5, 5.41) is 25.4. The molecule has 0 bridgehead atoms. The first-order chi connectivity index (χ1) is 15.6. The van der Waals surface area contributed by atoms with Gasteiger partial charge in [0.2, 0.25) is 0 Å². The van der Waals surface area contributed by atoms with Crippen molar-refractivity contribution < 1.29 is 24.6 Å². The average Bonchev–Trinajstić information content (AvgIpc) is 3.02. The van der Waals surface area contributed by atoms with Crippen molar-refractivity contribution in [1.82, 2.24) is 9.99 Å². The lowest BCUT2D eigenvalue weighted by molar-refractivity contribution is 0.0696. The third kappa shape index (κ3) is 5.27. The molecule has 0 radical (unpaired) electrons. The van der Waals surface area contributed by atoms with Crippen LogP contribution in [0.15, 0.2) is 47.6 Å². The van der Waals surface area contributed by atoms with Gasteiger partial charge in [-0.1, -0.05) is 17.7 Å². The maximum Gasteiger partial charge on any atom is 0.339 e. The molecule has 3 rings (SSSR count). The Morgan fingerprint density at radius 3 is 2.12 bits per heavy atom. The van der Waals surface area contributed by atoms with Gasteiger partial charge in [-0.15, -0.1) is 0 Å². The van der Waals surface area contributed by atoms with Crippen LogP contribution in [0.25, 0.3) is 5.69 Å². The van der Waals surface area contributed by atoms with Crippen LogP contribution in [0.1, 0.15) is 48.8 Å². The SMILES string of the molecule is Cc1ccc(NC(=O)N/N=C/c2cc(C)n(-c3cc(C(=O)O)cc(C(=O)O)c3)c2C)c(C)c1. The predicted octanol–water partition coefficient (Wildman–Crippen LogP) is 4.26. The number of anilines is 1. The van der Waals surface area contributed by atoms with E-state index in [-0.39, 0.29) is 11.1 Å². The number of carboxylic acids is 2. The minimum absolute atomic E-state index is 0.127. The molecule has 0 aliphatic heterocycles. The van der Waals surface area contributed by atoms with Crippen LogP contribution in [-0.4, -0.2) is 39.0 Å². The van der Waals surface area contributed by atoms with Gasteiger partial charge < -0.3 is 20.1 Å². The van der Waals surface area contributed by atoms with Crippen LogP contribution < -0.4 is 10.7 Å². The number of aromatic nitrogens is 1. The lowest BCUT2D eigenvalue weighted by atomic mass is 10.1. The number of carboxylic acid groups (broad SMARTS) is 2. The minimum Gasteiger partial charge on any atom is -0.478 e. The van der Waals surface area contributed by atoms with Crippen molar-refractivity contribution in [3.05, 3.63) is 81.7 Å². The lowest BCUT2D eigenvalue weighted by Crippen LogP contribution is -2.24. The van der Waals surface area contributed by atoms with E-state index in [2.05, 4.69) is 15.8 Å². The lowest BCUT2D eigenvalue weighted by Gasteiger charge is -2.12. The van der Waals surface area contributed by atoms with Crippen LogP contribution in [-0.2, 0) is 0 Å². The molecule has 0 unspecified atom stereocenters. The highest BCUT2D eigenvalue weighted by atomic mass is 16.4. The summed E-state index contributed by atoms with van der Waals surface area (Å²) >= 11 is 0. The van der Waals surface area contributed by atoms with Gasteiger partial charge in [-0.25, -0.2) is 19.8 Å². The first kappa shape index (κ1) is 23.3. The number of hydrogen-bond acceptors (Lipinski definition) is 4. The summed E-state index contributed by atoms with van der Waals surface area (Å²) in [6.07, 6.45) is 1.47. The van der Waals surface area contributed by atoms with Gasteiger partial charge in [-0.2, -0.15) is 5.10 Å². The Labute approximate surface area is 190 Å². The fourth-order valence-electron chi connectivity index (χ4n) is 3.57. The highest BCUT2D eigenvalue weighted by Gasteiger charge is 2.16. The van der Waals surface area contributed by atoms with Crippen molar-refractivity contribution in [1.29, 1.82) is 0 Å². The van der Waals surface area contributed by atoms with Gasteiger partial charge in [0, 0.05) is 28.3 Å². The monoisotopic (exact) mass is 448 g/mol. The number of carbonyl (C=O) groups is 3. The molecule has 0 spiro atoms. The maximum atomic E-state index is 12.2. The topological polar surface area (TPSA) is 133 Å². The molecule has 0 saturated heterocycles. The van der Waals surface area contributed by atoms with Crippen molar-refractivity contribution in [3.63, 3.8) is 0 Å². The van der Waals surface area contributed by atoms with E-state index >= 15 is 0 Å². The van der Waals surface area contributed by atoms with Crippen molar-refractivity contribution >= 4 is 29.9 Å². The maximum absolute atomic E-state index is 12.2. The van der Waals surface area contributed by atoms with E-state index in [1.807, 2.05) is 32.0 Å². The molecule has 0 atom stereocenters. The molecule has 0 fully saturated rings. The Hall–Kier alpha value is -4.40. The highest BCUT2D eigenvalue weighted by Crippen LogP contribution is 2.22. The zero-order valence-corrected chi connectivity index (χ0v) is 18.6. The molecular weight excluding hydrogens is 424 g/mol. The molecule has 170 valence electrons. The minimum atomic E-state index is -1.22. The molecule has 0 aliphatic rings. The number of hydrogen-bond donors (Lipinski definition) is 4. The molecule has 3 aromatic rings. The van der Waals surface area contributed by atoms with Gasteiger partial charge >= 0.3 is 18.0 Å². The Morgan fingerprint density at radius 1 is 0.909 bits per heavy atom. The largest absolute Gasteiger partial charge is 0.478 e. The smallest absolute Gasteiger partial charge is 0.339 e. The van der Waals surface area contributed by atoms with Gasteiger partial charge in [0.15, 0.2) is 0 Å². The summed E-state index contributed by atoms with van der Waals surface area (Å²) in [4.78, 5) is 35.0. The first-order valence-electron chi connectivity index (χ1n) is 10.0. The van der Waals surface area contributed by atoms with Crippen LogP contribution in [0.4, 0.5) is 10.5 Å². The summed E-state index contributed by atoms with van der Waals surface area (Å²) in [5.74, 6) is -2.44.